The quantitative estimate of drug-likeness (QED) is 0.852. The molecule has 5 heteroatoms. The van der Waals surface area contributed by atoms with Crippen molar-refractivity contribution in [3.05, 3.63) is 17.6 Å². The maximum Gasteiger partial charge on any atom is 0.132 e. The molecule has 0 amide bonds. The zero-order chi connectivity index (χ0) is 16.4. The molecule has 0 radical (unpaired) electrons. The van der Waals surface area contributed by atoms with Gasteiger partial charge in [-0.1, -0.05) is 6.42 Å². The van der Waals surface area contributed by atoms with Crippen molar-refractivity contribution in [2.45, 2.75) is 57.4 Å². The molecule has 24 heavy (non-hydrogen) atoms. The van der Waals surface area contributed by atoms with Crippen LogP contribution in [0, 0.1) is 6.92 Å². The Morgan fingerprint density at radius 3 is 2.50 bits per heavy atom. The molecule has 0 spiro atoms. The first-order chi connectivity index (χ1) is 11.8. The van der Waals surface area contributed by atoms with Crippen molar-refractivity contribution in [1.29, 1.82) is 0 Å². The number of hydrogen-bond donors (Lipinski definition) is 0. The lowest BCUT2D eigenvalue weighted by atomic mass is 9.99. The van der Waals surface area contributed by atoms with Crippen molar-refractivity contribution in [3.8, 4) is 0 Å². The van der Waals surface area contributed by atoms with Crippen LogP contribution in [-0.4, -0.2) is 60.3 Å². The summed E-state index contributed by atoms with van der Waals surface area (Å²) in [4.78, 5) is 14.6. The molecule has 5 nitrogen and oxygen atoms in total. The van der Waals surface area contributed by atoms with Crippen LogP contribution in [0.4, 0.5) is 5.82 Å². The van der Waals surface area contributed by atoms with Gasteiger partial charge in [-0.2, -0.15) is 0 Å². The van der Waals surface area contributed by atoms with Crippen LogP contribution >= 0.6 is 0 Å². The van der Waals surface area contributed by atoms with Crippen molar-refractivity contribution in [1.82, 2.24) is 14.9 Å². The second-order valence-electron chi connectivity index (χ2n) is 7.57. The molecule has 1 atom stereocenters. The molecular weight excluding hydrogens is 300 g/mol. The van der Waals surface area contributed by atoms with Crippen LogP contribution < -0.4 is 4.90 Å². The van der Waals surface area contributed by atoms with E-state index in [1.54, 1.807) is 0 Å². The largest absolute Gasteiger partial charge is 0.381 e. The van der Waals surface area contributed by atoms with Gasteiger partial charge in [-0.05, 0) is 52.1 Å². The van der Waals surface area contributed by atoms with E-state index in [1.165, 1.54) is 50.9 Å². The third-order valence-corrected chi connectivity index (χ3v) is 5.89. The Balaban J connectivity index is 1.41. The molecule has 3 aliphatic rings. The molecule has 1 aromatic rings. The summed E-state index contributed by atoms with van der Waals surface area (Å²) >= 11 is 0. The van der Waals surface area contributed by atoms with E-state index in [9.17, 15) is 0 Å². The van der Waals surface area contributed by atoms with Crippen LogP contribution in [0.1, 0.15) is 56.0 Å². The molecule has 0 bridgehead atoms. The second kappa shape index (κ2) is 7.36. The van der Waals surface area contributed by atoms with Gasteiger partial charge in [-0.25, -0.2) is 9.97 Å². The number of nitrogens with zero attached hydrogens (tertiary/aromatic N) is 4. The monoisotopic (exact) mass is 330 g/mol. The molecule has 3 fully saturated rings. The first-order valence-electron chi connectivity index (χ1n) is 9.72. The van der Waals surface area contributed by atoms with Gasteiger partial charge in [0.05, 0.1) is 12.3 Å². The summed E-state index contributed by atoms with van der Waals surface area (Å²) in [6.45, 7) is 8.56. The minimum atomic E-state index is 0.455. The average molecular weight is 330 g/mol. The highest BCUT2D eigenvalue weighted by Gasteiger charge is 2.27. The summed E-state index contributed by atoms with van der Waals surface area (Å²) in [5, 5.41) is 0. The molecule has 0 saturated carbocycles. The Labute approximate surface area is 145 Å². The van der Waals surface area contributed by atoms with Crippen molar-refractivity contribution in [2.75, 3.05) is 44.3 Å². The fourth-order valence-corrected chi connectivity index (χ4v) is 4.46. The number of aromatic nitrogens is 2. The van der Waals surface area contributed by atoms with Gasteiger partial charge in [0, 0.05) is 37.7 Å². The van der Waals surface area contributed by atoms with Gasteiger partial charge in [0.2, 0.25) is 0 Å². The summed E-state index contributed by atoms with van der Waals surface area (Å²) in [5.41, 5.74) is 1.17. The van der Waals surface area contributed by atoms with E-state index in [0.29, 0.717) is 5.92 Å². The SMILES string of the molecule is Cc1nc([C@@H]2CCOC2)cc(N2CCC(N3CCCCC3)CC2)n1. The van der Waals surface area contributed by atoms with E-state index in [0.717, 1.165) is 50.4 Å². The molecule has 4 heterocycles. The topological polar surface area (TPSA) is 41.5 Å². The predicted molar refractivity (Wildman–Crippen MR) is 95.6 cm³/mol. The maximum absolute atomic E-state index is 5.54. The zero-order valence-electron chi connectivity index (χ0n) is 14.9. The van der Waals surface area contributed by atoms with Crippen LogP contribution in [0.15, 0.2) is 6.07 Å². The Hall–Kier alpha value is -1.20. The van der Waals surface area contributed by atoms with Gasteiger partial charge in [-0.15, -0.1) is 0 Å². The smallest absolute Gasteiger partial charge is 0.132 e. The Bertz CT molecular complexity index is 544. The summed E-state index contributed by atoms with van der Waals surface area (Å²) in [5.74, 6) is 2.48. The van der Waals surface area contributed by atoms with Crippen LogP contribution in [-0.2, 0) is 4.74 Å². The first-order valence-corrected chi connectivity index (χ1v) is 9.72. The Kier molecular flexibility index (Phi) is 4.99. The predicted octanol–water partition coefficient (Wildman–Crippen LogP) is 2.74. The minimum absolute atomic E-state index is 0.455. The highest BCUT2D eigenvalue weighted by Crippen LogP contribution is 2.28. The third-order valence-electron chi connectivity index (χ3n) is 5.89. The molecule has 0 aliphatic carbocycles. The standard InChI is InChI=1S/C19H30N4O/c1-15-20-18(16-7-12-24-14-16)13-19(21-15)23-10-5-17(6-11-23)22-8-3-2-4-9-22/h13,16-17H,2-12,14H2,1H3/t16-/m1/s1. The van der Waals surface area contributed by atoms with Crippen molar-refractivity contribution in [3.63, 3.8) is 0 Å². The van der Waals surface area contributed by atoms with E-state index in [-0.39, 0.29) is 0 Å². The number of hydrogen-bond acceptors (Lipinski definition) is 5. The second-order valence-corrected chi connectivity index (χ2v) is 7.57. The number of rotatable bonds is 3. The lowest BCUT2D eigenvalue weighted by Gasteiger charge is -2.40. The van der Waals surface area contributed by atoms with Gasteiger partial charge in [0.15, 0.2) is 0 Å². The van der Waals surface area contributed by atoms with Crippen LogP contribution in [0.2, 0.25) is 0 Å². The van der Waals surface area contributed by atoms with Gasteiger partial charge in [0.25, 0.3) is 0 Å². The molecule has 1 aromatic heterocycles. The minimum Gasteiger partial charge on any atom is -0.381 e. The van der Waals surface area contributed by atoms with E-state index in [2.05, 4.69) is 20.9 Å². The lowest BCUT2D eigenvalue weighted by molar-refractivity contribution is 0.141. The van der Waals surface area contributed by atoms with Crippen molar-refractivity contribution in [2.24, 2.45) is 0 Å². The highest BCUT2D eigenvalue weighted by atomic mass is 16.5. The Morgan fingerprint density at radius 2 is 1.79 bits per heavy atom. The summed E-state index contributed by atoms with van der Waals surface area (Å²) in [7, 11) is 0. The van der Waals surface area contributed by atoms with Gasteiger partial charge < -0.3 is 14.5 Å². The molecule has 3 aliphatic heterocycles. The molecule has 3 saturated heterocycles. The van der Waals surface area contributed by atoms with Crippen molar-refractivity contribution >= 4 is 5.82 Å². The van der Waals surface area contributed by atoms with E-state index in [1.807, 2.05) is 6.92 Å². The maximum atomic E-state index is 5.54. The molecule has 4 rings (SSSR count). The fraction of sp³-hybridized carbons (Fsp3) is 0.789. The van der Waals surface area contributed by atoms with Crippen LogP contribution in [0.25, 0.3) is 0 Å². The van der Waals surface area contributed by atoms with Gasteiger partial charge in [0.1, 0.15) is 11.6 Å². The van der Waals surface area contributed by atoms with Crippen LogP contribution in [0.5, 0.6) is 0 Å². The van der Waals surface area contributed by atoms with Gasteiger partial charge in [-0.3, -0.25) is 0 Å². The number of likely N-dealkylation sites (tertiary alicyclic amines) is 1. The third kappa shape index (κ3) is 3.57. The molecule has 0 N–H and O–H groups in total. The molecular formula is C19H30N4O. The summed E-state index contributed by atoms with van der Waals surface area (Å²) < 4.78 is 5.54. The Morgan fingerprint density at radius 1 is 1.00 bits per heavy atom. The first kappa shape index (κ1) is 16.3. The van der Waals surface area contributed by atoms with Gasteiger partial charge >= 0.3 is 0 Å². The normalized spacial score (nSPS) is 26.9. The number of aryl methyl sites for hydroxylation is 1. The molecule has 132 valence electrons. The van der Waals surface area contributed by atoms with Crippen molar-refractivity contribution < 1.29 is 4.74 Å². The summed E-state index contributed by atoms with van der Waals surface area (Å²) in [6, 6.07) is 3.00. The van der Waals surface area contributed by atoms with E-state index in [4.69, 9.17) is 9.72 Å². The van der Waals surface area contributed by atoms with E-state index >= 15 is 0 Å². The molecule has 0 aromatic carbocycles. The highest BCUT2D eigenvalue weighted by molar-refractivity contribution is 5.41. The number of piperidine rings is 2. The van der Waals surface area contributed by atoms with E-state index < -0.39 is 0 Å². The average Bonchev–Trinajstić information content (AvgIpc) is 3.17. The zero-order valence-corrected chi connectivity index (χ0v) is 14.9. The fourth-order valence-electron chi connectivity index (χ4n) is 4.46. The van der Waals surface area contributed by atoms with Crippen LogP contribution in [0.3, 0.4) is 0 Å². The molecule has 0 unspecified atom stereocenters. The number of ether oxygens (including phenoxy) is 1. The number of anilines is 1. The summed E-state index contributed by atoms with van der Waals surface area (Å²) in [6.07, 6.45) is 7.82. The lowest BCUT2D eigenvalue weighted by Crippen LogP contribution is -2.47.